The Morgan fingerprint density at radius 1 is 1.38 bits per heavy atom. The van der Waals surface area contributed by atoms with Gasteiger partial charge in [0.15, 0.2) is 0 Å². The van der Waals surface area contributed by atoms with Crippen molar-refractivity contribution >= 4 is 6.09 Å². The van der Waals surface area contributed by atoms with Gasteiger partial charge in [-0.3, -0.25) is 0 Å². The number of rotatable bonds is 4. The van der Waals surface area contributed by atoms with Gasteiger partial charge in [-0.1, -0.05) is 0 Å². The average Bonchev–Trinajstić information content (AvgIpc) is 1.94. The molecule has 0 bridgehead atoms. The summed E-state index contributed by atoms with van der Waals surface area (Å²) in [7, 11) is 0. The second-order valence-electron chi connectivity index (χ2n) is 3.99. The van der Waals surface area contributed by atoms with Gasteiger partial charge in [0.2, 0.25) is 0 Å². The quantitative estimate of drug-likeness (QED) is 0.634. The molecule has 4 N–H and O–H groups in total. The van der Waals surface area contributed by atoms with Gasteiger partial charge in [-0.05, 0) is 33.6 Å². The molecule has 0 aliphatic rings. The maximum absolute atomic E-state index is 11.1. The number of nitrogens with one attached hydrogen (secondary N) is 1. The van der Waals surface area contributed by atoms with Gasteiger partial charge in [0, 0.05) is 6.54 Å². The second-order valence-corrected chi connectivity index (χ2v) is 3.99. The van der Waals surface area contributed by atoms with Crippen LogP contribution in [0.1, 0.15) is 33.6 Å². The fraction of sp³-hybridized carbons (Fsp3) is 0.889. The van der Waals surface area contributed by atoms with E-state index in [1.165, 1.54) is 0 Å². The number of alkyl carbamates (subject to hydrolysis) is 1. The highest BCUT2D eigenvalue weighted by atomic mass is 16.6. The van der Waals surface area contributed by atoms with E-state index >= 15 is 0 Å². The molecule has 0 radical (unpaired) electrons. The van der Waals surface area contributed by atoms with Crippen molar-refractivity contribution in [2.45, 2.75) is 39.2 Å². The molecular weight excluding hydrogens is 168 g/mol. The zero-order chi connectivity index (χ0) is 10.3. The normalized spacial score (nSPS) is 11.1. The minimum Gasteiger partial charge on any atom is -0.444 e. The summed E-state index contributed by atoms with van der Waals surface area (Å²) >= 11 is 0. The van der Waals surface area contributed by atoms with Crippen LogP contribution in [0.15, 0.2) is 0 Å². The Morgan fingerprint density at radius 2 is 2.00 bits per heavy atom. The first kappa shape index (κ1) is 12.2. The summed E-state index contributed by atoms with van der Waals surface area (Å²) < 4.78 is 5.05. The summed E-state index contributed by atoms with van der Waals surface area (Å²) in [5.41, 5.74) is 3.31. The number of hydrogen-bond donors (Lipinski definition) is 2. The lowest BCUT2D eigenvalue weighted by molar-refractivity contribution is -0.368. The van der Waals surface area contributed by atoms with E-state index in [-0.39, 0.29) is 6.09 Å². The Balaban J connectivity index is 3.41. The summed E-state index contributed by atoms with van der Waals surface area (Å²) in [6.07, 6.45) is 1.66. The zero-order valence-corrected chi connectivity index (χ0v) is 8.85. The fourth-order valence-corrected chi connectivity index (χ4v) is 0.806. The Kier molecular flexibility index (Phi) is 5.46. The van der Waals surface area contributed by atoms with Crippen LogP contribution in [0.4, 0.5) is 4.79 Å². The van der Waals surface area contributed by atoms with Gasteiger partial charge < -0.3 is 15.8 Å². The van der Waals surface area contributed by atoms with Crippen molar-refractivity contribution in [3.05, 3.63) is 0 Å². The van der Waals surface area contributed by atoms with Crippen LogP contribution < -0.4 is 11.1 Å². The van der Waals surface area contributed by atoms with E-state index in [2.05, 4.69) is 11.1 Å². The van der Waals surface area contributed by atoms with Gasteiger partial charge in [0.1, 0.15) is 5.60 Å². The van der Waals surface area contributed by atoms with Crippen LogP contribution in [-0.4, -0.2) is 24.8 Å². The lowest BCUT2D eigenvalue weighted by Crippen LogP contribution is -2.50. The first-order chi connectivity index (χ1) is 5.95. The smallest absolute Gasteiger partial charge is 0.407 e. The molecule has 0 unspecified atom stereocenters. The molecule has 1 amide bonds. The number of unbranched alkanes of at least 4 members (excludes halogenated alkanes) is 1. The highest BCUT2D eigenvalue weighted by Gasteiger charge is 2.15. The third-order valence-electron chi connectivity index (χ3n) is 1.34. The molecule has 0 aliphatic heterocycles. The zero-order valence-electron chi connectivity index (χ0n) is 8.85. The van der Waals surface area contributed by atoms with Crippen LogP contribution >= 0.6 is 0 Å². The molecule has 0 spiro atoms. The number of carbonyl (C=O) groups excluding carboxylic acids is 1. The van der Waals surface area contributed by atoms with Crippen molar-refractivity contribution in [3.63, 3.8) is 0 Å². The number of carbonyl (C=O) groups is 1. The predicted octanol–water partition coefficient (Wildman–Crippen LogP) is 0.533. The monoisotopic (exact) mass is 189 g/mol. The van der Waals surface area contributed by atoms with Crippen LogP contribution in [-0.2, 0) is 4.74 Å². The van der Waals surface area contributed by atoms with Gasteiger partial charge in [-0.25, -0.2) is 4.79 Å². The summed E-state index contributed by atoms with van der Waals surface area (Å²) in [5, 5.41) is 2.69. The minimum absolute atomic E-state index is 0.337. The largest absolute Gasteiger partial charge is 0.444 e. The van der Waals surface area contributed by atoms with Crippen LogP contribution in [0.2, 0.25) is 0 Å². The third-order valence-corrected chi connectivity index (χ3v) is 1.34. The molecule has 4 heteroatoms. The first-order valence-corrected chi connectivity index (χ1v) is 4.72. The van der Waals surface area contributed by atoms with E-state index in [9.17, 15) is 4.79 Å². The molecule has 0 saturated heterocycles. The van der Waals surface area contributed by atoms with Crippen LogP contribution in [0.3, 0.4) is 0 Å². The number of hydrogen-bond acceptors (Lipinski definition) is 2. The number of amides is 1. The van der Waals surface area contributed by atoms with E-state index in [0.717, 1.165) is 19.4 Å². The Bertz CT molecular complexity index is 152. The molecule has 0 atom stereocenters. The summed E-state index contributed by atoms with van der Waals surface area (Å²) in [6, 6.07) is 0. The van der Waals surface area contributed by atoms with Crippen molar-refractivity contribution < 1.29 is 15.3 Å². The summed E-state index contributed by atoms with van der Waals surface area (Å²) in [6.45, 7) is 7.13. The number of quaternary nitrogens is 1. The van der Waals surface area contributed by atoms with E-state index in [1.807, 2.05) is 20.8 Å². The molecule has 0 fully saturated rings. The maximum Gasteiger partial charge on any atom is 0.407 e. The molecule has 0 heterocycles. The van der Waals surface area contributed by atoms with Gasteiger partial charge in [0.05, 0.1) is 6.54 Å². The Hall–Kier alpha value is -0.770. The van der Waals surface area contributed by atoms with Crippen molar-refractivity contribution in [3.8, 4) is 0 Å². The van der Waals surface area contributed by atoms with E-state index < -0.39 is 5.60 Å². The maximum atomic E-state index is 11.1. The molecule has 0 aromatic heterocycles. The van der Waals surface area contributed by atoms with Crippen molar-refractivity contribution in [2.75, 3.05) is 13.1 Å². The van der Waals surface area contributed by atoms with Crippen LogP contribution in [0.25, 0.3) is 0 Å². The topological polar surface area (TPSA) is 66.0 Å². The predicted molar refractivity (Wildman–Crippen MR) is 51.2 cm³/mol. The highest BCUT2D eigenvalue weighted by Crippen LogP contribution is 2.06. The SMILES string of the molecule is CC(C)(C)OC(=O)NCCCC[NH3+]. The summed E-state index contributed by atoms with van der Waals surface area (Å²) in [4.78, 5) is 11.1. The molecule has 0 rings (SSSR count). The minimum atomic E-state index is -0.406. The van der Waals surface area contributed by atoms with Crippen molar-refractivity contribution in [2.24, 2.45) is 0 Å². The Morgan fingerprint density at radius 3 is 2.46 bits per heavy atom. The molecule has 0 aromatic rings. The highest BCUT2D eigenvalue weighted by molar-refractivity contribution is 5.67. The molecule has 13 heavy (non-hydrogen) atoms. The molecule has 0 saturated carbocycles. The molecular formula is C9H21N2O2+. The van der Waals surface area contributed by atoms with Crippen molar-refractivity contribution in [1.82, 2.24) is 5.32 Å². The Labute approximate surface area is 79.8 Å². The van der Waals surface area contributed by atoms with Gasteiger partial charge in [-0.2, -0.15) is 0 Å². The second kappa shape index (κ2) is 5.80. The first-order valence-electron chi connectivity index (χ1n) is 4.72. The lowest BCUT2D eigenvalue weighted by Gasteiger charge is -2.19. The molecule has 0 aliphatic carbocycles. The lowest BCUT2D eigenvalue weighted by atomic mass is 10.2. The van der Waals surface area contributed by atoms with Crippen molar-refractivity contribution in [1.29, 1.82) is 0 Å². The van der Waals surface area contributed by atoms with Crippen LogP contribution in [0, 0.1) is 0 Å². The molecule has 4 nitrogen and oxygen atoms in total. The molecule has 0 aromatic carbocycles. The van der Waals surface area contributed by atoms with E-state index in [1.54, 1.807) is 0 Å². The average molecular weight is 189 g/mol. The fourth-order valence-electron chi connectivity index (χ4n) is 0.806. The third kappa shape index (κ3) is 9.14. The summed E-state index contributed by atoms with van der Waals surface area (Å²) in [5.74, 6) is 0. The van der Waals surface area contributed by atoms with Gasteiger partial charge in [0.25, 0.3) is 0 Å². The number of ether oxygens (including phenoxy) is 1. The van der Waals surface area contributed by atoms with E-state index in [0.29, 0.717) is 6.54 Å². The van der Waals surface area contributed by atoms with Gasteiger partial charge >= 0.3 is 6.09 Å². The standard InChI is InChI=1S/C9H20N2O2/c1-9(2,3)13-8(12)11-7-5-4-6-10/h4-7,10H2,1-3H3,(H,11,12)/p+1. The van der Waals surface area contributed by atoms with E-state index in [4.69, 9.17) is 4.74 Å². The molecule has 78 valence electrons. The van der Waals surface area contributed by atoms with Crippen LogP contribution in [0.5, 0.6) is 0 Å². The van der Waals surface area contributed by atoms with Gasteiger partial charge in [-0.15, -0.1) is 0 Å².